The molecule has 0 aliphatic carbocycles. The van der Waals surface area contributed by atoms with Crippen molar-refractivity contribution in [3.05, 3.63) is 12.7 Å². The van der Waals surface area contributed by atoms with Gasteiger partial charge in [0.05, 0.1) is 43.7 Å². The number of amides is 2. The second-order valence-electron chi connectivity index (χ2n) is 16.0. The predicted molar refractivity (Wildman–Crippen MR) is 230 cm³/mol. The van der Waals surface area contributed by atoms with Gasteiger partial charge in [-0.05, 0) is 27.2 Å². The number of nitrogens with two attached hydrogens (primary N) is 1. The zero-order valence-electron chi connectivity index (χ0n) is 36.9. The van der Waals surface area contributed by atoms with E-state index in [4.69, 9.17) is 19.5 Å². The molecule has 3 unspecified atom stereocenters. The summed E-state index contributed by atoms with van der Waals surface area (Å²) in [6.07, 6.45) is -8.53. The number of Topliss-reactive ketones (excluding diaryl/α,β-unsaturated/α-hetero) is 4. The maximum Gasteiger partial charge on any atom is 0.481 e. The Balaban J connectivity index is 1.43. The number of nitrogen functional groups attached to an aromatic ring is 1. The van der Waals surface area contributed by atoms with Crippen molar-refractivity contribution in [3.63, 3.8) is 0 Å². The molecule has 0 saturated carbocycles. The van der Waals surface area contributed by atoms with E-state index in [0.29, 0.717) is 11.8 Å². The van der Waals surface area contributed by atoms with Crippen molar-refractivity contribution < 1.29 is 99.7 Å². The Morgan fingerprint density at radius 2 is 1.58 bits per heavy atom. The van der Waals surface area contributed by atoms with Crippen LogP contribution in [0.4, 0.5) is 5.82 Å². The van der Waals surface area contributed by atoms with E-state index >= 15 is 0 Å². The first-order chi connectivity index (χ1) is 30.8. The van der Waals surface area contributed by atoms with Crippen LogP contribution in [0.5, 0.6) is 0 Å². The maximum atomic E-state index is 12.9. The molecule has 0 radical (unpaired) electrons. The average Bonchev–Trinajstić information content (AvgIpc) is 3.79. The molecule has 2 aromatic rings. The number of carbonyl (C=O) groups is 7. The van der Waals surface area contributed by atoms with E-state index < -0.39 is 137 Å². The molecule has 1 aliphatic heterocycles. The second kappa shape index (κ2) is 23.7. The molecule has 3 heterocycles. The minimum atomic E-state index is -5.63. The maximum absolute atomic E-state index is 12.9. The molecular formula is C35H54N7O21P3S. The van der Waals surface area contributed by atoms with E-state index in [0.717, 1.165) is 17.2 Å². The summed E-state index contributed by atoms with van der Waals surface area (Å²) < 4.78 is 62.2. The number of hydrogen-bond donors (Lipinski definition) is 9. The number of thioether (sulfide) groups is 1. The Labute approximate surface area is 386 Å². The minimum Gasteiger partial charge on any atom is -0.386 e. The number of fused-ring (bicyclic) bond motifs is 1. The van der Waals surface area contributed by atoms with Gasteiger partial charge in [0, 0.05) is 30.7 Å². The number of rotatable bonds is 28. The fraction of sp³-hybridized carbons (Fsp3) is 0.657. The van der Waals surface area contributed by atoms with Crippen molar-refractivity contribution in [2.24, 2.45) is 16.7 Å². The van der Waals surface area contributed by atoms with E-state index in [-0.39, 0.29) is 48.7 Å². The molecule has 0 spiro atoms. The lowest BCUT2D eigenvalue weighted by atomic mass is 9.75. The highest BCUT2D eigenvalue weighted by Gasteiger charge is 2.50. The molecule has 2 aromatic heterocycles. The zero-order chi connectivity index (χ0) is 50.9. The normalized spacial score (nSPS) is 21.3. The number of nitrogens with zero attached hydrogens (tertiary/aromatic N) is 4. The number of nitrogens with one attached hydrogen (secondary N) is 2. The summed E-state index contributed by atoms with van der Waals surface area (Å²) in [5.41, 5.74) is 2.53. The van der Waals surface area contributed by atoms with Gasteiger partial charge < -0.3 is 50.9 Å². The Morgan fingerprint density at radius 1 is 0.955 bits per heavy atom. The third-order valence-electron chi connectivity index (χ3n) is 10.4. The number of carbonyl (C=O) groups excluding carboxylic acids is 7. The molecule has 1 aliphatic rings. The smallest absolute Gasteiger partial charge is 0.386 e. The van der Waals surface area contributed by atoms with Gasteiger partial charge in [0.25, 0.3) is 0 Å². The van der Waals surface area contributed by atoms with Gasteiger partial charge in [-0.15, -0.1) is 0 Å². The third-order valence-corrected chi connectivity index (χ3v) is 14.4. The summed E-state index contributed by atoms with van der Waals surface area (Å²) in [7, 11) is -16.5. The molecule has 1 saturated heterocycles. The van der Waals surface area contributed by atoms with Crippen LogP contribution >= 0.6 is 35.2 Å². The number of anilines is 1. The van der Waals surface area contributed by atoms with Crippen molar-refractivity contribution in [2.75, 3.05) is 37.8 Å². The molecule has 10 N–H and O–H groups in total. The number of aliphatic hydroxyl groups is 2. The molecule has 3 rings (SSSR count). The summed E-state index contributed by atoms with van der Waals surface area (Å²) in [6.45, 7) is 5.40. The molecule has 1 fully saturated rings. The number of aromatic nitrogens is 4. The molecule has 2 amide bonds. The highest BCUT2D eigenvalue weighted by Crippen LogP contribution is 2.61. The van der Waals surface area contributed by atoms with Gasteiger partial charge in [0.15, 0.2) is 34.4 Å². The first-order valence-electron chi connectivity index (χ1n) is 20.0. The largest absolute Gasteiger partial charge is 0.481 e. The Bertz CT molecular complexity index is 2330. The van der Waals surface area contributed by atoms with Gasteiger partial charge in [-0.3, -0.25) is 51.7 Å². The van der Waals surface area contributed by atoms with Crippen LogP contribution in [0.3, 0.4) is 0 Å². The first-order valence-corrected chi connectivity index (χ1v) is 25.5. The third kappa shape index (κ3) is 16.4. The first kappa shape index (κ1) is 57.6. The molecule has 376 valence electrons. The van der Waals surface area contributed by atoms with E-state index in [1.807, 2.05) is 0 Å². The van der Waals surface area contributed by atoms with Crippen molar-refractivity contribution in [1.29, 1.82) is 0 Å². The van der Waals surface area contributed by atoms with Crippen molar-refractivity contribution in [1.82, 2.24) is 30.2 Å². The number of ether oxygens (including phenoxy) is 1. The SMILES string of the molecule is CC[C@@](C)(C(=O)CC(=O)SCCNC(=O)CCNC(=O)[C@H](O)C(C)(C)COP(=O)(O)OP(=O)(O)OC[C@H]1O[C@@H](n2cnc3c(N)ncnc32)[C@H](O)[C@@H]1OP(=O)(O)O)C(=O)CC(=O)C(C)C(C)=O. The topological polar surface area (TPSA) is 432 Å². The molecule has 32 heteroatoms. The van der Waals surface area contributed by atoms with Gasteiger partial charge >= 0.3 is 23.5 Å². The van der Waals surface area contributed by atoms with Gasteiger partial charge in [0.1, 0.15) is 47.8 Å². The van der Waals surface area contributed by atoms with E-state index in [1.165, 1.54) is 34.6 Å². The highest BCUT2D eigenvalue weighted by atomic mass is 32.2. The summed E-state index contributed by atoms with van der Waals surface area (Å²) >= 11 is 0.716. The van der Waals surface area contributed by atoms with Crippen LogP contribution in [0.15, 0.2) is 12.7 Å². The molecule has 0 aromatic carbocycles. The fourth-order valence-electron chi connectivity index (χ4n) is 5.96. The van der Waals surface area contributed by atoms with Crippen LogP contribution in [-0.4, -0.2) is 146 Å². The van der Waals surface area contributed by atoms with Gasteiger partial charge in [-0.2, -0.15) is 4.31 Å². The quantitative estimate of drug-likeness (QED) is 0.0302. The van der Waals surface area contributed by atoms with Crippen LogP contribution in [0.1, 0.15) is 73.5 Å². The Hall–Kier alpha value is -3.76. The van der Waals surface area contributed by atoms with Crippen molar-refractivity contribution >= 4 is 92.3 Å². The molecule has 0 bridgehead atoms. The number of ketones is 4. The minimum absolute atomic E-state index is 0.00755. The van der Waals surface area contributed by atoms with Crippen LogP contribution in [0.2, 0.25) is 0 Å². The van der Waals surface area contributed by atoms with Gasteiger partial charge in [-0.25, -0.2) is 28.6 Å². The number of aliphatic hydroxyl groups excluding tert-OH is 2. The Kier molecular flexibility index (Phi) is 20.4. The number of imidazole rings is 1. The zero-order valence-corrected chi connectivity index (χ0v) is 40.4. The standard InChI is InChI=1S/C35H54N7O21P3S/c1-7-35(6,22(45)12-20(44)18(2)19(3)43)23(46)13-25(48)67-11-10-37-24(47)8-9-38-32(51)29(50)34(4,5)15-60-66(57,58)63-65(55,56)59-14-21-28(62-64(52,53)54)27(49)33(61-21)42-17-41-26-30(36)39-16-40-31(26)42/h16-18,21,27-29,33,49-50H,7-15H2,1-6H3,(H,37,47)(H,38,51)(H,55,56)(H,57,58)(H2,36,39,40)(H2,52,53,54)/t18?,21-,27-,28-,29+,33-,35-/m1/s1. The van der Waals surface area contributed by atoms with Crippen molar-refractivity contribution in [2.45, 2.75) is 97.9 Å². The summed E-state index contributed by atoms with van der Waals surface area (Å²) in [6, 6.07) is 0. The highest BCUT2D eigenvalue weighted by molar-refractivity contribution is 8.13. The second-order valence-corrected chi connectivity index (χ2v) is 21.4. The summed E-state index contributed by atoms with van der Waals surface area (Å²) in [5, 5.41) is 25.7. The number of phosphoric ester groups is 3. The summed E-state index contributed by atoms with van der Waals surface area (Å²) in [5.74, 6) is -5.12. The lowest BCUT2D eigenvalue weighted by Crippen LogP contribution is -2.46. The van der Waals surface area contributed by atoms with E-state index in [9.17, 15) is 77.0 Å². The lowest BCUT2D eigenvalue weighted by Gasteiger charge is -2.30. The van der Waals surface area contributed by atoms with Gasteiger partial charge in [0.2, 0.25) is 11.8 Å². The fourth-order valence-corrected chi connectivity index (χ4v) is 9.45. The van der Waals surface area contributed by atoms with Gasteiger partial charge in [-0.1, -0.05) is 32.5 Å². The van der Waals surface area contributed by atoms with Crippen LogP contribution < -0.4 is 16.4 Å². The molecule has 67 heavy (non-hydrogen) atoms. The van der Waals surface area contributed by atoms with E-state index in [2.05, 4.69) is 34.4 Å². The molecule has 9 atom stereocenters. The Morgan fingerprint density at radius 3 is 2.19 bits per heavy atom. The van der Waals surface area contributed by atoms with E-state index in [1.54, 1.807) is 6.92 Å². The van der Waals surface area contributed by atoms with Crippen LogP contribution in [0.25, 0.3) is 11.2 Å². The lowest BCUT2D eigenvalue weighted by molar-refractivity contribution is -0.142. The molecular weight excluding hydrogens is 979 g/mol. The average molecular weight is 1030 g/mol. The van der Waals surface area contributed by atoms with Crippen LogP contribution in [0, 0.1) is 16.7 Å². The van der Waals surface area contributed by atoms with Crippen LogP contribution in [-0.2, 0) is 69.9 Å². The number of hydrogen-bond acceptors (Lipinski definition) is 22. The van der Waals surface area contributed by atoms with Crippen molar-refractivity contribution in [3.8, 4) is 0 Å². The summed E-state index contributed by atoms with van der Waals surface area (Å²) in [4.78, 5) is 138. The predicted octanol–water partition coefficient (Wildman–Crippen LogP) is -0.206. The molecule has 28 nitrogen and oxygen atoms in total. The monoisotopic (exact) mass is 1030 g/mol. The number of phosphoric acid groups is 3.